The number of hydrogen-bond donors (Lipinski definition) is 0. The van der Waals surface area contributed by atoms with E-state index in [0.29, 0.717) is 11.5 Å². The Morgan fingerprint density at radius 2 is 1.72 bits per heavy atom. The van der Waals surface area contributed by atoms with Gasteiger partial charge in [0.05, 0.1) is 6.10 Å². The van der Waals surface area contributed by atoms with E-state index < -0.39 is 0 Å². The van der Waals surface area contributed by atoms with Crippen molar-refractivity contribution in [2.75, 3.05) is 0 Å². The molecule has 2 rings (SSSR count). The SMILES string of the molecule is Cc1cccc(OC2CCC(C(C)(C)C)CC2)c1. The third kappa shape index (κ3) is 3.51. The summed E-state index contributed by atoms with van der Waals surface area (Å²) >= 11 is 0. The maximum absolute atomic E-state index is 6.10. The second-order valence-corrected chi connectivity index (χ2v) is 6.77. The molecule has 0 radical (unpaired) electrons. The highest BCUT2D eigenvalue weighted by molar-refractivity contribution is 5.27. The second-order valence-electron chi connectivity index (χ2n) is 6.77. The Balaban J connectivity index is 1.87. The maximum Gasteiger partial charge on any atom is 0.119 e. The van der Waals surface area contributed by atoms with Gasteiger partial charge >= 0.3 is 0 Å². The van der Waals surface area contributed by atoms with Crippen LogP contribution in [0.15, 0.2) is 24.3 Å². The Morgan fingerprint density at radius 3 is 2.28 bits per heavy atom. The summed E-state index contributed by atoms with van der Waals surface area (Å²) in [6.07, 6.45) is 5.44. The Kier molecular flexibility index (Phi) is 3.99. The van der Waals surface area contributed by atoms with Gasteiger partial charge < -0.3 is 4.74 Å². The van der Waals surface area contributed by atoms with Gasteiger partial charge in [-0.1, -0.05) is 32.9 Å². The van der Waals surface area contributed by atoms with Gasteiger partial charge in [0.25, 0.3) is 0 Å². The van der Waals surface area contributed by atoms with Crippen molar-refractivity contribution in [2.24, 2.45) is 11.3 Å². The molecular weight excluding hydrogens is 220 g/mol. The lowest BCUT2D eigenvalue weighted by atomic mass is 9.72. The number of ether oxygens (including phenoxy) is 1. The van der Waals surface area contributed by atoms with Gasteiger partial charge in [-0.05, 0) is 61.6 Å². The molecular formula is C17H26O. The molecule has 0 saturated heterocycles. The minimum atomic E-state index is 0.422. The van der Waals surface area contributed by atoms with Crippen LogP contribution in [0, 0.1) is 18.3 Å². The molecule has 100 valence electrons. The average molecular weight is 246 g/mol. The lowest BCUT2D eigenvalue weighted by Gasteiger charge is -2.36. The highest BCUT2D eigenvalue weighted by atomic mass is 16.5. The standard InChI is InChI=1S/C17H26O/c1-13-6-5-7-16(12-13)18-15-10-8-14(9-11-15)17(2,3)4/h5-7,12,14-15H,8-11H2,1-4H3. The highest BCUT2D eigenvalue weighted by Gasteiger charge is 2.30. The zero-order valence-electron chi connectivity index (χ0n) is 12.2. The van der Waals surface area contributed by atoms with Gasteiger partial charge in [-0.2, -0.15) is 0 Å². The second kappa shape index (κ2) is 5.34. The topological polar surface area (TPSA) is 9.23 Å². The molecule has 1 fully saturated rings. The van der Waals surface area contributed by atoms with Crippen LogP contribution < -0.4 is 4.74 Å². The third-order valence-electron chi connectivity index (χ3n) is 4.19. The number of rotatable bonds is 2. The van der Waals surface area contributed by atoms with E-state index in [9.17, 15) is 0 Å². The summed E-state index contributed by atoms with van der Waals surface area (Å²) < 4.78 is 6.10. The quantitative estimate of drug-likeness (QED) is 0.715. The lowest BCUT2D eigenvalue weighted by Crippen LogP contribution is -2.30. The summed E-state index contributed by atoms with van der Waals surface area (Å²) in [6, 6.07) is 8.40. The molecule has 1 aliphatic carbocycles. The fourth-order valence-corrected chi connectivity index (χ4v) is 2.93. The van der Waals surface area contributed by atoms with Gasteiger partial charge in [0.1, 0.15) is 5.75 Å². The van der Waals surface area contributed by atoms with Crippen molar-refractivity contribution in [2.45, 2.75) is 59.5 Å². The van der Waals surface area contributed by atoms with E-state index in [0.717, 1.165) is 11.7 Å². The van der Waals surface area contributed by atoms with Crippen LogP contribution in [0.25, 0.3) is 0 Å². The van der Waals surface area contributed by atoms with Crippen LogP contribution in [-0.4, -0.2) is 6.10 Å². The zero-order valence-corrected chi connectivity index (χ0v) is 12.2. The van der Waals surface area contributed by atoms with Crippen molar-refractivity contribution < 1.29 is 4.74 Å². The van der Waals surface area contributed by atoms with E-state index in [2.05, 4.69) is 52.0 Å². The van der Waals surface area contributed by atoms with E-state index in [4.69, 9.17) is 4.74 Å². The predicted molar refractivity (Wildman–Crippen MR) is 77.0 cm³/mol. The Hall–Kier alpha value is -0.980. The predicted octanol–water partition coefficient (Wildman–Crippen LogP) is 4.98. The molecule has 0 spiro atoms. The molecule has 0 heterocycles. The summed E-state index contributed by atoms with van der Waals surface area (Å²) in [5.74, 6) is 1.89. The first-order valence-electron chi connectivity index (χ1n) is 7.18. The van der Waals surface area contributed by atoms with Crippen LogP contribution in [0.4, 0.5) is 0 Å². The summed E-state index contributed by atoms with van der Waals surface area (Å²) in [6.45, 7) is 9.20. The Bertz CT molecular complexity index is 381. The molecule has 1 nitrogen and oxygen atoms in total. The molecule has 0 bridgehead atoms. The minimum Gasteiger partial charge on any atom is -0.490 e. The first kappa shape index (κ1) is 13.5. The molecule has 1 aliphatic rings. The van der Waals surface area contributed by atoms with Crippen molar-refractivity contribution in [3.63, 3.8) is 0 Å². The molecule has 0 aliphatic heterocycles. The summed E-state index contributed by atoms with van der Waals surface area (Å²) in [5.41, 5.74) is 1.73. The fraction of sp³-hybridized carbons (Fsp3) is 0.647. The summed E-state index contributed by atoms with van der Waals surface area (Å²) in [5, 5.41) is 0. The molecule has 0 aromatic heterocycles. The van der Waals surface area contributed by atoms with Gasteiger partial charge in [0.15, 0.2) is 0 Å². The van der Waals surface area contributed by atoms with Gasteiger partial charge in [0, 0.05) is 0 Å². The van der Waals surface area contributed by atoms with Crippen LogP contribution in [0.3, 0.4) is 0 Å². The van der Waals surface area contributed by atoms with Crippen molar-refractivity contribution in [1.29, 1.82) is 0 Å². The van der Waals surface area contributed by atoms with Crippen molar-refractivity contribution >= 4 is 0 Å². The minimum absolute atomic E-state index is 0.422. The largest absolute Gasteiger partial charge is 0.490 e. The Morgan fingerprint density at radius 1 is 1.06 bits per heavy atom. The van der Waals surface area contributed by atoms with Crippen LogP contribution in [-0.2, 0) is 0 Å². The average Bonchev–Trinajstić information content (AvgIpc) is 2.28. The first-order chi connectivity index (χ1) is 8.45. The molecule has 1 heteroatoms. The highest BCUT2D eigenvalue weighted by Crippen LogP contribution is 2.38. The monoisotopic (exact) mass is 246 g/mol. The van der Waals surface area contributed by atoms with Gasteiger partial charge in [-0.25, -0.2) is 0 Å². The molecule has 1 saturated carbocycles. The van der Waals surface area contributed by atoms with Crippen LogP contribution in [0.5, 0.6) is 5.75 Å². The van der Waals surface area contributed by atoms with Crippen molar-refractivity contribution in [3.05, 3.63) is 29.8 Å². The normalized spacial score (nSPS) is 24.9. The van der Waals surface area contributed by atoms with Crippen LogP contribution in [0.1, 0.15) is 52.0 Å². The van der Waals surface area contributed by atoms with Crippen molar-refractivity contribution in [1.82, 2.24) is 0 Å². The fourth-order valence-electron chi connectivity index (χ4n) is 2.93. The zero-order chi connectivity index (χ0) is 13.2. The molecule has 18 heavy (non-hydrogen) atoms. The first-order valence-corrected chi connectivity index (χ1v) is 7.18. The molecule has 0 amide bonds. The third-order valence-corrected chi connectivity index (χ3v) is 4.19. The molecule has 1 aromatic rings. The van der Waals surface area contributed by atoms with E-state index >= 15 is 0 Å². The van der Waals surface area contributed by atoms with Crippen LogP contribution >= 0.6 is 0 Å². The molecule has 1 aromatic carbocycles. The summed E-state index contributed by atoms with van der Waals surface area (Å²) in [4.78, 5) is 0. The maximum atomic E-state index is 6.10. The van der Waals surface area contributed by atoms with E-state index in [-0.39, 0.29) is 0 Å². The number of aryl methyl sites for hydroxylation is 1. The van der Waals surface area contributed by atoms with Gasteiger partial charge in [-0.3, -0.25) is 0 Å². The molecule has 0 unspecified atom stereocenters. The smallest absolute Gasteiger partial charge is 0.119 e. The lowest BCUT2D eigenvalue weighted by molar-refractivity contribution is 0.0882. The molecule has 0 atom stereocenters. The van der Waals surface area contributed by atoms with E-state index in [1.165, 1.54) is 31.2 Å². The number of benzene rings is 1. The summed E-state index contributed by atoms with van der Waals surface area (Å²) in [7, 11) is 0. The Labute approximate surface area is 112 Å². The van der Waals surface area contributed by atoms with E-state index in [1.54, 1.807) is 0 Å². The van der Waals surface area contributed by atoms with Crippen molar-refractivity contribution in [3.8, 4) is 5.75 Å². The van der Waals surface area contributed by atoms with E-state index in [1.807, 2.05) is 0 Å². The van der Waals surface area contributed by atoms with Gasteiger partial charge in [0.2, 0.25) is 0 Å². The number of hydrogen-bond acceptors (Lipinski definition) is 1. The molecule has 0 N–H and O–H groups in total. The van der Waals surface area contributed by atoms with Gasteiger partial charge in [-0.15, -0.1) is 0 Å². The van der Waals surface area contributed by atoms with Crippen LogP contribution in [0.2, 0.25) is 0 Å².